The summed E-state index contributed by atoms with van der Waals surface area (Å²) in [4.78, 5) is 29.8. The first-order chi connectivity index (χ1) is 13.0. The lowest BCUT2D eigenvalue weighted by Gasteiger charge is -2.17. The van der Waals surface area contributed by atoms with Crippen LogP contribution in [0.4, 0.5) is 5.69 Å². The summed E-state index contributed by atoms with van der Waals surface area (Å²) in [5.41, 5.74) is 1.73. The number of nitrogens with zero attached hydrogens (tertiary/aromatic N) is 2. The summed E-state index contributed by atoms with van der Waals surface area (Å²) in [5, 5.41) is 6.19. The van der Waals surface area contributed by atoms with Crippen LogP contribution in [0.15, 0.2) is 24.3 Å². The highest BCUT2D eigenvalue weighted by molar-refractivity contribution is 6.33. The number of anilines is 1. The number of para-hydroxylation sites is 1. The zero-order valence-electron chi connectivity index (χ0n) is 15.7. The number of carbonyl (C=O) groups excluding carboxylic acids is 2. The minimum absolute atomic E-state index is 0.210. The average Bonchev–Trinajstić information content (AvgIpc) is 3.03. The van der Waals surface area contributed by atoms with Crippen molar-refractivity contribution in [3.8, 4) is 0 Å². The Kier molecular flexibility index (Phi) is 6.16. The molecule has 0 bridgehead atoms. The predicted molar refractivity (Wildman–Crippen MR) is 106 cm³/mol. The number of halogens is 1. The van der Waals surface area contributed by atoms with Gasteiger partial charge in [-0.15, -0.1) is 0 Å². The molecule has 0 fully saturated rings. The molecular weight excluding hydrogens is 364 g/mol. The van der Waals surface area contributed by atoms with Gasteiger partial charge in [0.2, 0.25) is 0 Å². The smallest absolute Gasteiger partial charge is 0.291 e. The van der Waals surface area contributed by atoms with E-state index in [2.05, 4.69) is 29.5 Å². The van der Waals surface area contributed by atoms with Gasteiger partial charge in [-0.3, -0.25) is 9.59 Å². The zero-order chi connectivity index (χ0) is 19.4. The van der Waals surface area contributed by atoms with Gasteiger partial charge in [-0.25, -0.2) is 4.98 Å². The lowest BCUT2D eigenvalue weighted by molar-refractivity contribution is 0.0946. The van der Waals surface area contributed by atoms with Gasteiger partial charge in [-0.1, -0.05) is 37.6 Å². The highest BCUT2D eigenvalue weighted by Crippen LogP contribution is 2.24. The maximum Gasteiger partial charge on any atom is 0.291 e. The molecule has 1 aromatic heterocycles. The molecule has 0 radical (unpaired) electrons. The molecule has 7 heteroatoms. The first-order valence-electron chi connectivity index (χ1n) is 9.41. The molecule has 2 amide bonds. The molecule has 0 aliphatic carbocycles. The fraction of sp³-hybridized carbons (Fsp3) is 0.450. The number of hydrogen-bond donors (Lipinski definition) is 2. The molecule has 0 saturated heterocycles. The van der Waals surface area contributed by atoms with Gasteiger partial charge in [-0.05, 0) is 43.7 Å². The fourth-order valence-corrected chi connectivity index (χ4v) is 3.38. The third kappa shape index (κ3) is 4.50. The van der Waals surface area contributed by atoms with Crippen LogP contribution in [0.1, 0.15) is 59.9 Å². The number of amides is 2. The van der Waals surface area contributed by atoms with Crippen LogP contribution in [0.2, 0.25) is 5.02 Å². The van der Waals surface area contributed by atoms with Crippen molar-refractivity contribution in [3.05, 3.63) is 46.5 Å². The molecular formula is C20H25ClN4O2. The molecule has 27 heavy (non-hydrogen) atoms. The van der Waals surface area contributed by atoms with E-state index in [1.807, 2.05) is 4.57 Å². The Morgan fingerprint density at radius 3 is 2.74 bits per heavy atom. The summed E-state index contributed by atoms with van der Waals surface area (Å²) in [6, 6.07) is 7.05. The van der Waals surface area contributed by atoms with Gasteiger partial charge in [0.05, 0.1) is 16.4 Å². The van der Waals surface area contributed by atoms with Gasteiger partial charge in [0.1, 0.15) is 5.69 Å². The van der Waals surface area contributed by atoms with E-state index in [-0.39, 0.29) is 17.6 Å². The number of aromatic nitrogens is 2. The number of rotatable bonds is 6. The largest absolute Gasteiger partial charge is 0.351 e. The molecule has 0 atom stereocenters. The van der Waals surface area contributed by atoms with E-state index >= 15 is 0 Å². The molecule has 1 aliphatic heterocycles. The minimum Gasteiger partial charge on any atom is -0.351 e. The van der Waals surface area contributed by atoms with Crippen molar-refractivity contribution in [3.63, 3.8) is 0 Å². The van der Waals surface area contributed by atoms with Crippen molar-refractivity contribution < 1.29 is 9.59 Å². The Labute approximate surface area is 164 Å². The molecule has 0 spiro atoms. The molecule has 1 aliphatic rings. The maximum absolute atomic E-state index is 12.8. The number of nitrogens with one attached hydrogen (secondary N) is 2. The summed E-state index contributed by atoms with van der Waals surface area (Å²) < 4.78 is 1.87. The van der Waals surface area contributed by atoms with Crippen LogP contribution in [0.25, 0.3) is 0 Å². The Bertz CT molecular complexity index is 845. The van der Waals surface area contributed by atoms with E-state index in [1.165, 1.54) is 0 Å². The van der Waals surface area contributed by atoms with E-state index in [0.717, 1.165) is 31.4 Å². The van der Waals surface area contributed by atoms with Crippen molar-refractivity contribution in [1.82, 2.24) is 14.9 Å². The first kappa shape index (κ1) is 19.4. The van der Waals surface area contributed by atoms with E-state index in [1.54, 1.807) is 24.3 Å². The Balaban J connectivity index is 1.83. The Hall–Kier alpha value is -2.34. The fourth-order valence-electron chi connectivity index (χ4n) is 3.20. The summed E-state index contributed by atoms with van der Waals surface area (Å²) in [5.74, 6) is 0.211. The number of hydrogen-bond acceptors (Lipinski definition) is 3. The summed E-state index contributed by atoms with van der Waals surface area (Å²) in [6.07, 6.45) is 3.61. The van der Waals surface area contributed by atoms with Crippen LogP contribution in [0.3, 0.4) is 0 Å². The van der Waals surface area contributed by atoms with Crippen molar-refractivity contribution >= 4 is 29.1 Å². The van der Waals surface area contributed by atoms with Gasteiger partial charge in [0.25, 0.3) is 11.8 Å². The van der Waals surface area contributed by atoms with Crippen LogP contribution in [-0.4, -0.2) is 27.9 Å². The van der Waals surface area contributed by atoms with E-state index in [4.69, 9.17) is 11.6 Å². The van der Waals surface area contributed by atoms with Crippen molar-refractivity contribution in [2.24, 2.45) is 5.92 Å². The molecule has 2 heterocycles. The van der Waals surface area contributed by atoms with Crippen molar-refractivity contribution in [2.45, 2.75) is 46.1 Å². The van der Waals surface area contributed by atoms with E-state index < -0.39 is 0 Å². The second-order valence-corrected chi connectivity index (χ2v) is 7.62. The van der Waals surface area contributed by atoms with Gasteiger partial charge in [-0.2, -0.15) is 0 Å². The minimum atomic E-state index is -0.354. The maximum atomic E-state index is 12.8. The van der Waals surface area contributed by atoms with Crippen molar-refractivity contribution in [2.75, 3.05) is 11.9 Å². The van der Waals surface area contributed by atoms with Gasteiger partial charge in [0, 0.05) is 13.1 Å². The second-order valence-electron chi connectivity index (χ2n) is 7.21. The normalized spacial score (nSPS) is 13.3. The van der Waals surface area contributed by atoms with Crippen LogP contribution >= 0.6 is 11.6 Å². The summed E-state index contributed by atoms with van der Waals surface area (Å²) in [7, 11) is 0. The number of imidazole rings is 1. The average molecular weight is 389 g/mol. The highest BCUT2D eigenvalue weighted by atomic mass is 35.5. The van der Waals surface area contributed by atoms with Gasteiger partial charge >= 0.3 is 0 Å². The molecule has 2 aromatic rings. The third-order valence-electron chi connectivity index (χ3n) is 4.67. The van der Waals surface area contributed by atoms with E-state index in [0.29, 0.717) is 35.4 Å². The Morgan fingerprint density at radius 1 is 1.22 bits per heavy atom. The molecule has 0 saturated carbocycles. The quantitative estimate of drug-likeness (QED) is 0.787. The number of fused-ring (bicyclic) bond motifs is 1. The third-order valence-corrected chi connectivity index (χ3v) is 4.99. The topological polar surface area (TPSA) is 76.0 Å². The van der Waals surface area contributed by atoms with Crippen LogP contribution < -0.4 is 10.6 Å². The SMILES string of the molecule is CC(C)CCNC(=O)c1nc(C(=O)Nc2ccccc2Cl)n2c1CCCC2. The van der Waals surface area contributed by atoms with Crippen LogP contribution in [-0.2, 0) is 13.0 Å². The summed E-state index contributed by atoms with van der Waals surface area (Å²) >= 11 is 6.13. The monoisotopic (exact) mass is 388 g/mol. The number of benzene rings is 1. The molecule has 1 aromatic carbocycles. The molecule has 144 valence electrons. The van der Waals surface area contributed by atoms with Crippen LogP contribution in [0, 0.1) is 5.92 Å². The zero-order valence-corrected chi connectivity index (χ0v) is 16.5. The molecule has 6 nitrogen and oxygen atoms in total. The van der Waals surface area contributed by atoms with Crippen LogP contribution in [0.5, 0.6) is 0 Å². The van der Waals surface area contributed by atoms with Gasteiger partial charge in [0.15, 0.2) is 5.82 Å². The molecule has 3 rings (SSSR count). The summed E-state index contributed by atoms with van der Waals surface area (Å²) in [6.45, 7) is 5.51. The predicted octanol–water partition coefficient (Wildman–Crippen LogP) is 3.90. The second kappa shape index (κ2) is 8.57. The molecule has 2 N–H and O–H groups in total. The number of carbonyl (C=O) groups is 2. The van der Waals surface area contributed by atoms with E-state index in [9.17, 15) is 9.59 Å². The first-order valence-corrected chi connectivity index (χ1v) is 9.78. The van der Waals surface area contributed by atoms with Crippen molar-refractivity contribution in [1.29, 1.82) is 0 Å². The lowest BCUT2D eigenvalue weighted by atomic mass is 10.1. The van der Waals surface area contributed by atoms with Gasteiger partial charge < -0.3 is 15.2 Å². The molecule has 0 unspecified atom stereocenters. The highest BCUT2D eigenvalue weighted by Gasteiger charge is 2.27. The Morgan fingerprint density at radius 2 is 2.00 bits per heavy atom. The lowest BCUT2D eigenvalue weighted by Crippen LogP contribution is -2.27. The standard InChI is InChI=1S/C20H25ClN4O2/c1-13(2)10-11-22-19(26)17-16-9-5-6-12-25(16)18(24-17)20(27)23-15-8-4-3-7-14(15)21/h3-4,7-8,13H,5-6,9-12H2,1-2H3,(H,22,26)(H,23,27).